The van der Waals surface area contributed by atoms with Crippen LogP contribution >= 0.6 is 0 Å². The minimum Gasteiger partial charge on any atom is -0.497 e. The van der Waals surface area contributed by atoms with Crippen LogP contribution in [0.15, 0.2) is 54.7 Å². The van der Waals surface area contributed by atoms with E-state index in [0.717, 1.165) is 43.3 Å². The average molecular weight is 480 g/mol. The molecule has 0 aliphatic carbocycles. The van der Waals surface area contributed by atoms with Crippen molar-refractivity contribution in [2.45, 2.75) is 38.1 Å². The van der Waals surface area contributed by atoms with Crippen molar-refractivity contribution in [3.63, 3.8) is 0 Å². The number of unbranched alkanes of at least 4 members (excludes halogenated alkanes) is 1. The fraction of sp³-hybridized carbons (Fsp3) is 0.429. The van der Waals surface area contributed by atoms with Crippen LogP contribution in [0.25, 0.3) is 10.9 Å². The number of carbonyl (C=O) groups is 1. The first-order valence-corrected chi connectivity index (χ1v) is 12.4. The summed E-state index contributed by atoms with van der Waals surface area (Å²) in [7, 11) is 1.59. The highest BCUT2D eigenvalue weighted by Gasteiger charge is 2.31. The van der Waals surface area contributed by atoms with Crippen LogP contribution in [0.4, 0.5) is 4.39 Å². The molecule has 0 spiro atoms. The molecule has 7 heteroatoms. The van der Waals surface area contributed by atoms with Gasteiger partial charge in [0.25, 0.3) is 0 Å². The van der Waals surface area contributed by atoms with Gasteiger partial charge in [-0.05, 0) is 74.5 Å². The Morgan fingerprint density at radius 1 is 1.09 bits per heavy atom. The van der Waals surface area contributed by atoms with E-state index in [0.29, 0.717) is 43.8 Å². The predicted molar refractivity (Wildman–Crippen MR) is 135 cm³/mol. The molecule has 1 atom stereocenters. The number of methoxy groups -OCH3 is 1. The average Bonchev–Trinajstić information content (AvgIpc) is 2.88. The molecule has 1 aromatic heterocycles. The number of rotatable bonds is 11. The number of carboxylic acid groups (broad SMARTS) is 1. The third kappa shape index (κ3) is 6.55. The summed E-state index contributed by atoms with van der Waals surface area (Å²) in [6.07, 6.45) is 5.66. The molecular formula is C28H34FN3O3. The number of ether oxygens (including phenoxy) is 1. The van der Waals surface area contributed by atoms with Gasteiger partial charge in [-0.15, -0.1) is 0 Å². The van der Waals surface area contributed by atoms with E-state index in [1.165, 1.54) is 11.8 Å². The number of carboxylic acids is 1. The Morgan fingerprint density at radius 2 is 1.91 bits per heavy atom. The van der Waals surface area contributed by atoms with E-state index in [1.807, 2.05) is 29.2 Å². The van der Waals surface area contributed by atoms with Crippen molar-refractivity contribution >= 4 is 16.9 Å². The van der Waals surface area contributed by atoms with Gasteiger partial charge in [-0.25, -0.2) is 4.39 Å². The number of nitrogens with zero attached hydrogens (tertiary/aromatic N) is 3. The molecule has 3 aromatic rings. The van der Waals surface area contributed by atoms with Crippen LogP contribution in [0.5, 0.6) is 5.75 Å². The third-order valence-corrected chi connectivity index (χ3v) is 6.90. The lowest BCUT2D eigenvalue weighted by Crippen LogP contribution is -2.56. The van der Waals surface area contributed by atoms with Crippen LogP contribution in [-0.2, 0) is 17.6 Å². The summed E-state index contributed by atoms with van der Waals surface area (Å²) in [5.74, 6) is -0.456. The lowest BCUT2D eigenvalue weighted by atomic mass is 10.0. The van der Waals surface area contributed by atoms with Crippen molar-refractivity contribution in [3.8, 4) is 5.75 Å². The summed E-state index contributed by atoms with van der Waals surface area (Å²) in [6, 6.07) is 15.4. The van der Waals surface area contributed by atoms with Gasteiger partial charge in [0.15, 0.2) is 0 Å². The van der Waals surface area contributed by atoms with E-state index in [9.17, 15) is 14.3 Å². The zero-order valence-electron chi connectivity index (χ0n) is 20.3. The number of aryl methyl sites for hydroxylation is 2. The molecule has 2 heterocycles. The first-order chi connectivity index (χ1) is 17.0. The van der Waals surface area contributed by atoms with E-state index in [1.54, 1.807) is 7.11 Å². The van der Waals surface area contributed by atoms with Gasteiger partial charge in [0.1, 0.15) is 17.6 Å². The number of pyridine rings is 1. The fourth-order valence-electron chi connectivity index (χ4n) is 4.93. The number of hydrogen-bond acceptors (Lipinski definition) is 5. The van der Waals surface area contributed by atoms with Gasteiger partial charge in [0.2, 0.25) is 0 Å². The molecule has 35 heavy (non-hydrogen) atoms. The Balaban J connectivity index is 1.29. The molecule has 0 unspecified atom stereocenters. The number of benzene rings is 2. The third-order valence-electron chi connectivity index (χ3n) is 6.90. The van der Waals surface area contributed by atoms with Crippen LogP contribution in [0.2, 0.25) is 0 Å². The second-order valence-electron chi connectivity index (χ2n) is 9.20. The lowest BCUT2D eigenvalue weighted by Gasteiger charge is -2.39. The van der Waals surface area contributed by atoms with Crippen molar-refractivity contribution in [2.75, 3.05) is 39.8 Å². The van der Waals surface area contributed by atoms with Gasteiger partial charge in [-0.2, -0.15) is 0 Å². The van der Waals surface area contributed by atoms with Crippen LogP contribution in [-0.4, -0.2) is 71.7 Å². The number of hydrogen-bond donors (Lipinski definition) is 1. The molecule has 1 aliphatic rings. The van der Waals surface area contributed by atoms with E-state index >= 15 is 0 Å². The quantitative estimate of drug-likeness (QED) is 0.411. The maximum absolute atomic E-state index is 14.6. The Bertz CT molecular complexity index is 1130. The molecule has 186 valence electrons. The van der Waals surface area contributed by atoms with Crippen molar-refractivity contribution in [1.29, 1.82) is 0 Å². The van der Waals surface area contributed by atoms with Gasteiger partial charge >= 0.3 is 5.97 Å². The minimum absolute atomic E-state index is 0.333. The highest BCUT2D eigenvalue weighted by atomic mass is 19.1. The summed E-state index contributed by atoms with van der Waals surface area (Å²) in [5, 5.41) is 10.6. The molecule has 1 N–H and O–H groups in total. The monoisotopic (exact) mass is 479 g/mol. The van der Waals surface area contributed by atoms with Crippen LogP contribution in [0.1, 0.15) is 30.4 Å². The van der Waals surface area contributed by atoms with Gasteiger partial charge in [0.05, 0.1) is 18.8 Å². The fourth-order valence-corrected chi connectivity index (χ4v) is 4.93. The maximum atomic E-state index is 14.6. The molecule has 1 saturated heterocycles. The Kier molecular flexibility index (Phi) is 8.66. The van der Waals surface area contributed by atoms with Gasteiger partial charge in [-0.1, -0.05) is 30.3 Å². The Labute approximate surface area is 206 Å². The molecule has 2 aromatic carbocycles. The SMILES string of the molecule is COc1ccc2ncc(F)c(CCCN3CCN(CCCCc4ccccc4)C[C@@H]3C(=O)O)c2c1. The number of aliphatic carboxylic acids is 1. The van der Waals surface area contributed by atoms with Crippen molar-refractivity contribution in [3.05, 3.63) is 71.7 Å². The number of fused-ring (bicyclic) bond motifs is 1. The Morgan fingerprint density at radius 3 is 2.69 bits per heavy atom. The van der Waals surface area contributed by atoms with Gasteiger partial charge < -0.3 is 9.84 Å². The van der Waals surface area contributed by atoms with Crippen LogP contribution in [0, 0.1) is 5.82 Å². The molecule has 0 radical (unpaired) electrons. The molecule has 0 bridgehead atoms. The summed E-state index contributed by atoms with van der Waals surface area (Å²) in [5.41, 5.74) is 2.68. The summed E-state index contributed by atoms with van der Waals surface area (Å²) in [4.78, 5) is 20.5. The molecular weight excluding hydrogens is 445 g/mol. The summed E-state index contributed by atoms with van der Waals surface area (Å²) in [6.45, 7) is 3.64. The standard InChI is InChI=1S/C28H34FN3O3/c1-35-22-12-13-26-24(18-22)23(25(29)19-30-26)11-7-15-32-17-16-31(20-27(32)28(33)34)14-6-5-10-21-8-3-2-4-9-21/h2-4,8-9,12-13,18-19,27H,5-7,10-11,14-17,20H2,1H3,(H,33,34)/t27-/m1/s1. The second kappa shape index (κ2) is 12.1. The zero-order chi connectivity index (χ0) is 24.6. The number of aromatic nitrogens is 1. The van der Waals surface area contributed by atoms with Crippen LogP contribution in [0.3, 0.4) is 0 Å². The number of piperazine rings is 1. The number of halogens is 1. The lowest BCUT2D eigenvalue weighted by molar-refractivity contribution is -0.145. The van der Waals surface area contributed by atoms with Crippen LogP contribution < -0.4 is 4.74 Å². The van der Waals surface area contributed by atoms with Crippen molar-refractivity contribution < 1.29 is 19.0 Å². The van der Waals surface area contributed by atoms with E-state index in [2.05, 4.69) is 34.1 Å². The molecule has 0 amide bonds. The summed E-state index contributed by atoms with van der Waals surface area (Å²) < 4.78 is 19.9. The van der Waals surface area contributed by atoms with Gasteiger partial charge in [-0.3, -0.25) is 19.6 Å². The van der Waals surface area contributed by atoms with Gasteiger partial charge in [0, 0.05) is 25.0 Å². The van der Waals surface area contributed by atoms with Crippen molar-refractivity contribution in [1.82, 2.24) is 14.8 Å². The van der Waals surface area contributed by atoms with E-state index in [4.69, 9.17) is 4.74 Å². The minimum atomic E-state index is -0.788. The molecule has 1 fully saturated rings. The maximum Gasteiger partial charge on any atom is 0.322 e. The topological polar surface area (TPSA) is 65.9 Å². The highest BCUT2D eigenvalue weighted by molar-refractivity contribution is 5.83. The van der Waals surface area contributed by atoms with E-state index in [-0.39, 0.29) is 5.82 Å². The zero-order valence-corrected chi connectivity index (χ0v) is 20.3. The first-order valence-electron chi connectivity index (χ1n) is 12.4. The Hall–Kier alpha value is -3.03. The van der Waals surface area contributed by atoms with Crippen molar-refractivity contribution in [2.24, 2.45) is 0 Å². The highest BCUT2D eigenvalue weighted by Crippen LogP contribution is 2.26. The molecule has 1 aliphatic heterocycles. The molecule has 6 nitrogen and oxygen atoms in total. The molecule has 0 saturated carbocycles. The largest absolute Gasteiger partial charge is 0.497 e. The first kappa shape index (κ1) is 25.1. The normalized spacial score (nSPS) is 17.0. The second-order valence-corrected chi connectivity index (χ2v) is 9.20. The predicted octanol–water partition coefficient (Wildman–Crippen LogP) is 4.41. The van der Waals surface area contributed by atoms with E-state index < -0.39 is 12.0 Å². The molecule has 4 rings (SSSR count). The summed E-state index contributed by atoms with van der Waals surface area (Å²) >= 11 is 0. The smallest absolute Gasteiger partial charge is 0.322 e.